The van der Waals surface area contributed by atoms with Crippen LogP contribution in [-0.4, -0.2) is 184 Å². The first-order chi connectivity index (χ1) is 38.3. The second-order valence-corrected chi connectivity index (χ2v) is 24.0. The average Bonchev–Trinajstić information content (AvgIpc) is 3.40. The van der Waals surface area contributed by atoms with Gasteiger partial charge in [-0.05, 0) is 68.5 Å². The number of carbonyl (C=O) groups excluding carboxylic acids is 8. The predicted molar refractivity (Wildman–Crippen MR) is 298 cm³/mol. The molecule has 30 heteroatoms. The number of nitrogens with one attached hydrogen (secondary N) is 7. The van der Waals surface area contributed by atoms with Crippen LogP contribution in [0.3, 0.4) is 0 Å². The highest BCUT2D eigenvalue weighted by molar-refractivity contribution is 7.99. The Morgan fingerprint density at radius 2 is 1.16 bits per heavy atom. The summed E-state index contributed by atoms with van der Waals surface area (Å²) in [5, 5.41) is 56.6. The van der Waals surface area contributed by atoms with Crippen molar-refractivity contribution in [3.05, 3.63) is 96.1 Å². The molecule has 0 aliphatic heterocycles. The van der Waals surface area contributed by atoms with Crippen LogP contribution in [0.4, 0.5) is 16.2 Å². The van der Waals surface area contributed by atoms with Gasteiger partial charge in [-0.2, -0.15) is 10.2 Å². The number of ether oxygens (including phenoxy) is 2. The number of amides is 7. The maximum atomic E-state index is 14.0. The highest BCUT2D eigenvalue weighted by Crippen LogP contribution is 2.20. The third-order valence-corrected chi connectivity index (χ3v) is 14.8. The summed E-state index contributed by atoms with van der Waals surface area (Å²) >= 11 is 0.968. The van der Waals surface area contributed by atoms with Gasteiger partial charge in [-0.15, -0.1) is 11.8 Å². The number of hydrogen-bond donors (Lipinski definition) is 11. The van der Waals surface area contributed by atoms with E-state index >= 15 is 0 Å². The number of hydrogen-bond acceptors (Lipinski definition) is 21. The Kier molecular flexibility index (Phi) is 29.4. The van der Waals surface area contributed by atoms with E-state index in [2.05, 4.69) is 47.4 Å². The number of aliphatic hydroxyl groups is 3. The molecule has 0 saturated carbocycles. The van der Waals surface area contributed by atoms with E-state index in [1.54, 1.807) is 78.9 Å². The molecule has 0 spiro atoms. The number of benzene rings is 3. The molecule has 8 atom stereocenters. The molecular weight excluding hydrogens is 1120 g/mol. The van der Waals surface area contributed by atoms with E-state index in [0.29, 0.717) is 35.3 Å². The van der Waals surface area contributed by atoms with Crippen molar-refractivity contribution in [3.63, 3.8) is 0 Å². The van der Waals surface area contributed by atoms with Gasteiger partial charge in [0.15, 0.2) is 19.7 Å². The zero-order chi connectivity index (χ0) is 60.1. The number of nitrogens with two attached hydrogens (primary N) is 1. The molecule has 3 aromatic carbocycles. The molecule has 0 aliphatic rings. The Labute approximate surface area is 474 Å². The highest BCUT2D eigenvalue weighted by Gasteiger charge is 2.36. The molecule has 0 unspecified atom stereocenters. The molecule has 0 aliphatic carbocycles. The van der Waals surface area contributed by atoms with Crippen LogP contribution in [0.5, 0.6) is 0 Å². The van der Waals surface area contributed by atoms with E-state index in [9.17, 15) is 70.5 Å². The summed E-state index contributed by atoms with van der Waals surface area (Å²) in [4.78, 5) is 105. The molecule has 3 rings (SSSR count). The number of azo groups is 1. The lowest BCUT2D eigenvalue weighted by molar-refractivity contribution is -0.147. The van der Waals surface area contributed by atoms with E-state index in [4.69, 9.17) is 15.2 Å². The molecule has 446 valence electrons. The maximum Gasteiger partial charge on any atom is 0.407 e. The Morgan fingerprint density at radius 3 is 1.73 bits per heavy atom. The molecule has 3 aromatic rings. The molecule has 12 N–H and O–H groups in total. The van der Waals surface area contributed by atoms with Crippen molar-refractivity contribution in [1.29, 1.82) is 0 Å². The lowest BCUT2D eigenvalue weighted by atomic mass is 10.0. The third kappa shape index (κ3) is 27.3. The van der Waals surface area contributed by atoms with Gasteiger partial charge in [0.1, 0.15) is 43.4 Å². The fraction of sp³-hybridized carbons (Fsp3) is 0.490. The Balaban J connectivity index is 1.66. The van der Waals surface area contributed by atoms with Crippen LogP contribution >= 0.6 is 11.8 Å². The van der Waals surface area contributed by atoms with E-state index in [-0.39, 0.29) is 43.4 Å². The lowest BCUT2D eigenvalue weighted by Crippen LogP contribution is -2.63. The molecule has 0 radical (unpaired) electrons. The van der Waals surface area contributed by atoms with Crippen molar-refractivity contribution in [3.8, 4) is 0 Å². The van der Waals surface area contributed by atoms with Gasteiger partial charge in [0, 0.05) is 31.9 Å². The normalized spacial score (nSPS) is 14.5. The van der Waals surface area contributed by atoms with E-state index in [1.807, 2.05) is 6.07 Å². The van der Waals surface area contributed by atoms with Crippen LogP contribution in [-0.2, 0) is 74.9 Å². The van der Waals surface area contributed by atoms with Gasteiger partial charge in [-0.25, -0.2) is 26.4 Å². The number of carbonyl (C=O) groups is 8. The van der Waals surface area contributed by atoms with Gasteiger partial charge in [0.05, 0.1) is 59.4 Å². The molecule has 81 heavy (non-hydrogen) atoms. The van der Waals surface area contributed by atoms with Crippen LogP contribution in [0.15, 0.2) is 95.2 Å². The van der Waals surface area contributed by atoms with Gasteiger partial charge in [0.25, 0.3) is 0 Å². The van der Waals surface area contributed by atoms with Gasteiger partial charge in [0.2, 0.25) is 35.4 Å². The summed E-state index contributed by atoms with van der Waals surface area (Å²) in [6, 6.07) is 13.8. The Hall–Kier alpha value is -7.09. The first-order valence-corrected chi connectivity index (χ1v) is 30.4. The summed E-state index contributed by atoms with van der Waals surface area (Å²) in [7, 11) is -7.19. The minimum absolute atomic E-state index is 0.0253. The van der Waals surface area contributed by atoms with E-state index in [0.717, 1.165) is 24.9 Å². The monoisotopic (exact) mass is 1190 g/mol. The van der Waals surface area contributed by atoms with Crippen molar-refractivity contribution in [2.75, 3.05) is 55.8 Å². The molecule has 27 nitrogen and oxygen atoms in total. The van der Waals surface area contributed by atoms with Crippen molar-refractivity contribution >= 4 is 90.3 Å². The minimum atomic E-state index is -3.86. The number of nitrogens with zero attached hydrogens (tertiary/aromatic N) is 2. The molecular formula is C51H72N10O17S3. The van der Waals surface area contributed by atoms with Crippen molar-refractivity contribution in [2.24, 2.45) is 16.0 Å². The number of aliphatic hydroxyl groups excluding tert-OH is 3. The van der Waals surface area contributed by atoms with E-state index < -0.39 is 140 Å². The lowest BCUT2D eigenvalue weighted by Gasteiger charge is -2.28. The van der Waals surface area contributed by atoms with Gasteiger partial charge in [-0.3, -0.25) is 28.8 Å². The maximum absolute atomic E-state index is 14.0. The van der Waals surface area contributed by atoms with Crippen LogP contribution in [0.1, 0.15) is 51.2 Å². The molecule has 0 saturated heterocycles. The topological polar surface area (TPSA) is 419 Å². The predicted octanol–water partition coefficient (Wildman–Crippen LogP) is -0.924. The van der Waals surface area contributed by atoms with Crippen molar-refractivity contribution < 1.29 is 80.0 Å². The Morgan fingerprint density at radius 1 is 0.630 bits per heavy atom. The average molecular weight is 1190 g/mol. The largest absolute Gasteiger partial charge is 0.463 e. The van der Waals surface area contributed by atoms with Crippen LogP contribution in [0.2, 0.25) is 0 Å². The summed E-state index contributed by atoms with van der Waals surface area (Å²) in [5.74, 6) is -8.46. The van der Waals surface area contributed by atoms with Crippen LogP contribution < -0.4 is 43.0 Å². The summed E-state index contributed by atoms with van der Waals surface area (Å²) in [6.07, 6.45) is -2.60. The van der Waals surface area contributed by atoms with Crippen molar-refractivity contribution in [1.82, 2.24) is 37.2 Å². The number of esters is 1. The first kappa shape index (κ1) is 68.2. The number of sulfone groups is 2. The molecule has 0 bridgehead atoms. The zero-order valence-electron chi connectivity index (χ0n) is 45.1. The third-order valence-electron chi connectivity index (χ3n) is 11.4. The number of unbranched alkanes of at least 4 members (excludes halogenated alkanes) is 1. The van der Waals surface area contributed by atoms with Gasteiger partial charge >= 0.3 is 12.1 Å². The highest BCUT2D eigenvalue weighted by atomic mass is 32.2. The SMILES string of the molecule is CC(=O)NCSC[C@H](NC(=O)[C@H](CO)NC(=O)[C@@H](NC(=O)[C@H](Cc1ccccc1)NC(=O)[C@@H](NC(=O)[C@@H](N)CCCCNC(=O)OCCS(C)(=O)=O)[C@@H](C)O)[C@@H](C)O)C(=O)OCCS(=O)(=O)Cc1ccc(N=Nc2ccccc2)cc1. The summed E-state index contributed by atoms with van der Waals surface area (Å²) < 4.78 is 58.6. The number of thioether (sulfide) groups is 1. The Bertz CT molecular complexity index is 2800. The number of rotatable bonds is 35. The van der Waals surface area contributed by atoms with Gasteiger partial charge in [-0.1, -0.05) is 60.7 Å². The second-order valence-electron chi connectivity index (χ2n) is 18.5. The molecule has 7 amide bonds. The van der Waals surface area contributed by atoms with Crippen LogP contribution in [0.25, 0.3) is 0 Å². The first-order valence-electron chi connectivity index (χ1n) is 25.4. The quantitative estimate of drug-likeness (QED) is 0.0147. The van der Waals surface area contributed by atoms with Gasteiger partial charge < -0.3 is 67.7 Å². The standard InChI is InChI=1S/C51H72N10O17S3/c1-32(63)43(58-45(66)39(52)17-11-12-22-53-51(72)78-23-25-80(4,73)74)48(69)55-40(27-35-13-7-5-8-14-35)46(67)59-44(33(2)64)49(70)56-41(28-62)47(68)57-42(29-79-31-54-34(3)65)50(71)77-24-26-81(75,76)30-36-18-20-38(21-19-36)61-60-37-15-9-6-10-16-37/h5-10,13-16,18-21,32-33,39-44,62-64H,11-12,17,22-31,52H2,1-4H3,(H,53,72)(H,54,65)(H,55,69)(H,56,70)(H,57,68)(H,58,66)(H,59,67)/t32-,33-,39+,40+,41+,42+,43+,44+/m1/s1. The second kappa shape index (κ2) is 34.9. The zero-order valence-corrected chi connectivity index (χ0v) is 47.6. The van der Waals surface area contributed by atoms with Crippen LogP contribution in [0, 0.1) is 0 Å². The number of alkyl carbamates (subject to hydrolysis) is 1. The molecule has 0 aromatic heterocycles. The fourth-order valence-corrected chi connectivity index (χ4v) is 9.43. The van der Waals surface area contributed by atoms with Crippen molar-refractivity contribution in [2.45, 2.75) is 101 Å². The molecule has 0 fully saturated rings. The summed E-state index contributed by atoms with van der Waals surface area (Å²) in [6.45, 7) is 1.63. The fourth-order valence-electron chi connectivity index (χ4n) is 6.98. The molecule has 0 heterocycles. The van der Waals surface area contributed by atoms with E-state index in [1.165, 1.54) is 13.8 Å². The minimum Gasteiger partial charge on any atom is -0.463 e. The summed E-state index contributed by atoms with van der Waals surface area (Å²) in [5.41, 5.74) is 8.09. The smallest absolute Gasteiger partial charge is 0.407 e.